The first kappa shape index (κ1) is 21.2. The molecule has 1 atom stereocenters. The van der Waals surface area contributed by atoms with E-state index >= 15 is 0 Å². The number of hydrogen-bond acceptors (Lipinski definition) is 4. The third kappa shape index (κ3) is 6.88. The fourth-order valence-corrected chi connectivity index (χ4v) is 2.27. The molecule has 0 fully saturated rings. The number of hydrogen-bond donors (Lipinski definition) is 3. The topological polar surface area (TPSA) is 96.5 Å². The Labute approximate surface area is 166 Å². The van der Waals surface area contributed by atoms with Crippen LogP contribution < -0.4 is 16.0 Å². The highest BCUT2D eigenvalue weighted by Crippen LogP contribution is 2.19. The van der Waals surface area contributed by atoms with Crippen molar-refractivity contribution in [1.82, 2.24) is 5.32 Å². The molecule has 28 heavy (non-hydrogen) atoms. The van der Waals surface area contributed by atoms with Crippen molar-refractivity contribution in [3.63, 3.8) is 0 Å². The summed E-state index contributed by atoms with van der Waals surface area (Å²) in [5, 5.41) is 7.61. The lowest BCUT2D eigenvalue weighted by Gasteiger charge is -2.14. The molecule has 3 amide bonds. The van der Waals surface area contributed by atoms with Crippen molar-refractivity contribution < 1.29 is 23.5 Å². The maximum absolute atomic E-state index is 13.7. The Hall–Kier alpha value is -3.13. The van der Waals surface area contributed by atoms with Crippen LogP contribution in [0.5, 0.6) is 0 Å². The number of esters is 1. The zero-order valence-corrected chi connectivity index (χ0v) is 15.8. The van der Waals surface area contributed by atoms with Crippen molar-refractivity contribution in [2.45, 2.75) is 19.4 Å². The molecule has 0 aliphatic rings. The summed E-state index contributed by atoms with van der Waals surface area (Å²) in [5.74, 6) is -2.07. The van der Waals surface area contributed by atoms with E-state index in [1.165, 1.54) is 19.1 Å². The third-order valence-electron chi connectivity index (χ3n) is 3.51. The molecule has 0 radical (unpaired) electrons. The van der Waals surface area contributed by atoms with Gasteiger partial charge >= 0.3 is 12.0 Å². The third-order valence-corrected chi connectivity index (χ3v) is 3.75. The Balaban J connectivity index is 1.71. The van der Waals surface area contributed by atoms with Crippen LogP contribution in [0.25, 0.3) is 0 Å². The van der Waals surface area contributed by atoms with E-state index in [1.807, 2.05) is 6.07 Å². The zero-order valence-electron chi connectivity index (χ0n) is 15.0. The molecule has 7 nitrogen and oxygen atoms in total. The first-order valence-corrected chi connectivity index (χ1v) is 8.78. The first-order chi connectivity index (χ1) is 13.3. The standard InChI is InChI=1S/C19H19ClFN3O4/c1-12(18(26)24-16-8-7-13(20)11-15(16)21)28-17(25)9-10-22-19(27)23-14-5-3-2-4-6-14/h2-8,11-12H,9-10H2,1H3,(H,24,26)(H2,22,23,27)/t12-/m0/s1. The van der Waals surface area contributed by atoms with Gasteiger partial charge in [0.1, 0.15) is 5.82 Å². The van der Waals surface area contributed by atoms with Crippen LogP contribution in [-0.2, 0) is 14.3 Å². The number of halogens is 2. The maximum atomic E-state index is 13.7. The van der Waals surface area contributed by atoms with Gasteiger partial charge in [-0.1, -0.05) is 29.8 Å². The van der Waals surface area contributed by atoms with Gasteiger partial charge in [0.05, 0.1) is 12.1 Å². The van der Waals surface area contributed by atoms with Gasteiger partial charge in [-0.15, -0.1) is 0 Å². The van der Waals surface area contributed by atoms with Crippen LogP contribution in [-0.4, -0.2) is 30.6 Å². The number of carbonyl (C=O) groups is 3. The number of ether oxygens (including phenoxy) is 1. The SMILES string of the molecule is C[C@H](OC(=O)CCNC(=O)Nc1ccccc1)C(=O)Nc1ccc(Cl)cc1F. The minimum absolute atomic E-state index is 0.0254. The highest BCUT2D eigenvalue weighted by Gasteiger charge is 2.19. The Bertz CT molecular complexity index is 848. The van der Waals surface area contributed by atoms with Crippen LogP contribution in [0.3, 0.4) is 0 Å². The molecule has 0 spiro atoms. The fourth-order valence-electron chi connectivity index (χ4n) is 2.11. The monoisotopic (exact) mass is 407 g/mol. The summed E-state index contributed by atoms with van der Waals surface area (Å²) < 4.78 is 18.7. The van der Waals surface area contributed by atoms with Gasteiger partial charge in [0.15, 0.2) is 6.10 Å². The lowest BCUT2D eigenvalue weighted by Crippen LogP contribution is -2.33. The molecule has 3 N–H and O–H groups in total. The average Bonchev–Trinajstić information content (AvgIpc) is 2.64. The van der Waals surface area contributed by atoms with E-state index in [0.29, 0.717) is 5.69 Å². The highest BCUT2D eigenvalue weighted by molar-refractivity contribution is 6.30. The molecule has 2 aromatic carbocycles. The lowest BCUT2D eigenvalue weighted by atomic mass is 10.3. The van der Waals surface area contributed by atoms with Gasteiger partial charge in [0, 0.05) is 17.3 Å². The molecule has 148 valence electrons. The second-order valence-corrected chi connectivity index (χ2v) is 6.18. The van der Waals surface area contributed by atoms with Gasteiger partial charge in [0.25, 0.3) is 5.91 Å². The highest BCUT2D eigenvalue weighted by atomic mass is 35.5. The molecule has 0 aromatic heterocycles. The van der Waals surface area contributed by atoms with Crippen molar-refractivity contribution in [2.24, 2.45) is 0 Å². The Morgan fingerprint density at radius 3 is 2.50 bits per heavy atom. The normalized spacial score (nSPS) is 11.2. The smallest absolute Gasteiger partial charge is 0.319 e. The molecular weight excluding hydrogens is 389 g/mol. The van der Waals surface area contributed by atoms with Crippen molar-refractivity contribution >= 4 is 40.9 Å². The molecular formula is C19H19ClFN3O4. The average molecular weight is 408 g/mol. The molecule has 0 heterocycles. The summed E-state index contributed by atoms with van der Waals surface area (Å²) in [6, 6.07) is 12.1. The number of amides is 3. The minimum Gasteiger partial charge on any atom is -0.452 e. The van der Waals surface area contributed by atoms with Crippen molar-refractivity contribution in [3.8, 4) is 0 Å². The second-order valence-electron chi connectivity index (χ2n) is 5.74. The number of carbonyl (C=O) groups excluding carboxylic acids is 3. The van der Waals surface area contributed by atoms with Crippen LogP contribution >= 0.6 is 11.6 Å². The summed E-state index contributed by atoms with van der Waals surface area (Å²) in [4.78, 5) is 35.5. The van der Waals surface area contributed by atoms with Gasteiger partial charge < -0.3 is 20.7 Å². The maximum Gasteiger partial charge on any atom is 0.319 e. The molecule has 0 aliphatic heterocycles. The summed E-state index contributed by atoms with van der Waals surface area (Å²) in [5.41, 5.74) is 0.541. The number of rotatable bonds is 7. The molecule has 2 rings (SSSR count). The summed E-state index contributed by atoms with van der Waals surface area (Å²) in [6.07, 6.45) is -1.27. The van der Waals surface area contributed by atoms with Crippen LogP contribution in [0.2, 0.25) is 5.02 Å². The van der Waals surface area contributed by atoms with E-state index in [2.05, 4.69) is 16.0 Å². The van der Waals surface area contributed by atoms with E-state index in [-0.39, 0.29) is 23.7 Å². The molecule has 0 bridgehead atoms. The van der Waals surface area contributed by atoms with Crippen LogP contribution in [0.15, 0.2) is 48.5 Å². The predicted molar refractivity (Wildman–Crippen MR) is 104 cm³/mol. The summed E-state index contributed by atoms with van der Waals surface area (Å²) in [6.45, 7) is 1.38. The van der Waals surface area contributed by atoms with Crippen LogP contribution in [0, 0.1) is 5.82 Å². The van der Waals surface area contributed by atoms with Gasteiger partial charge in [-0.3, -0.25) is 9.59 Å². The molecule has 9 heteroatoms. The fraction of sp³-hybridized carbons (Fsp3) is 0.211. The van der Waals surface area contributed by atoms with Crippen molar-refractivity contribution in [1.29, 1.82) is 0 Å². The Morgan fingerprint density at radius 2 is 1.82 bits per heavy atom. The predicted octanol–water partition coefficient (Wildman–Crippen LogP) is 3.56. The summed E-state index contributed by atoms with van der Waals surface area (Å²) >= 11 is 5.64. The number of benzene rings is 2. The van der Waals surface area contributed by atoms with E-state index in [9.17, 15) is 18.8 Å². The van der Waals surface area contributed by atoms with E-state index in [1.54, 1.807) is 24.3 Å². The van der Waals surface area contributed by atoms with Gasteiger partial charge in [0.2, 0.25) is 0 Å². The minimum atomic E-state index is -1.14. The van der Waals surface area contributed by atoms with Crippen molar-refractivity contribution in [3.05, 3.63) is 59.4 Å². The quantitative estimate of drug-likeness (QED) is 0.611. The van der Waals surface area contributed by atoms with Gasteiger partial charge in [-0.2, -0.15) is 0 Å². The Morgan fingerprint density at radius 1 is 1.11 bits per heavy atom. The van der Waals surface area contributed by atoms with E-state index < -0.39 is 29.8 Å². The summed E-state index contributed by atoms with van der Waals surface area (Å²) in [7, 11) is 0. The molecule has 0 saturated carbocycles. The first-order valence-electron chi connectivity index (χ1n) is 8.40. The molecule has 0 unspecified atom stereocenters. The number of para-hydroxylation sites is 1. The second kappa shape index (κ2) is 10.3. The van der Waals surface area contributed by atoms with Crippen molar-refractivity contribution in [2.75, 3.05) is 17.2 Å². The number of urea groups is 1. The van der Waals surface area contributed by atoms with Gasteiger partial charge in [-0.05, 0) is 37.3 Å². The number of nitrogens with one attached hydrogen (secondary N) is 3. The molecule has 0 aliphatic carbocycles. The Kier molecular flexibility index (Phi) is 7.76. The lowest BCUT2D eigenvalue weighted by molar-refractivity contribution is -0.153. The van der Waals surface area contributed by atoms with E-state index in [4.69, 9.17) is 16.3 Å². The van der Waals surface area contributed by atoms with Crippen LogP contribution in [0.1, 0.15) is 13.3 Å². The van der Waals surface area contributed by atoms with Crippen LogP contribution in [0.4, 0.5) is 20.6 Å². The molecule has 2 aromatic rings. The molecule has 0 saturated heterocycles. The van der Waals surface area contributed by atoms with E-state index in [0.717, 1.165) is 6.07 Å². The zero-order chi connectivity index (χ0) is 20.5. The number of anilines is 2. The van der Waals surface area contributed by atoms with Gasteiger partial charge in [-0.25, -0.2) is 9.18 Å². The largest absolute Gasteiger partial charge is 0.452 e.